The first-order valence-electron chi connectivity index (χ1n) is 8.32. The van der Waals surface area contributed by atoms with Crippen molar-refractivity contribution in [1.82, 2.24) is 9.78 Å². The Hall–Kier alpha value is -3.74. The smallest absolute Gasteiger partial charge is 0.276 e. The molecule has 2 amide bonds. The SMILES string of the molecule is Cc1cccc(NC(=O)Cn2nc(C(=O)Nc3ccccc3)ccc2=O)c1. The summed E-state index contributed by atoms with van der Waals surface area (Å²) in [5.41, 5.74) is 1.82. The standard InChI is InChI=1S/C20H18N4O3/c1-14-6-5-9-16(12-14)21-18(25)13-24-19(26)11-10-17(23-24)20(27)22-15-7-3-2-4-8-15/h2-12H,13H2,1H3,(H,21,25)(H,22,27). The fourth-order valence-electron chi connectivity index (χ4n) is 2.46. The van der Waals surface area contributed by atoms with Gasteiger partial charge < -0.3 is 10.6 Å². The lowest BCUT2D eigenvalue weighted by Gasteiger charge is -2.09. The van der Waals surface area contributed by atoms with E-state index in [1.807, 2.05) is 31.2 Å². The van der Waals surface area contributed by atoms with Crippen LogP contribution in [0.25, 0.3) is 0 Å². The predicted octanol–water partition coefficient (Wildman–Crippen LogP) is 2.44. The van der Waals surface area contributed by atoms with E-state index >= 15 is 0 Å². The number of rotatable bonds is 5. The van der Waals surface area contributed by atoms with Gasteiger partial charge in [-0.25, -0.2) is 4.68 Å². The highest BCUT2D eigenvalue weighted by Gasteiger charge is 2.12. The van der Waals surface area contributed by atoms with Crippen molar-refractivity contribution >= 4 is 23.2 Å². The number of benzene rings is 2. The number of nitrogens with one attached hydrogen (secondary N) is 2. The monoisotopic (exact) mass is 362 g/mol. The second-order valence-corrected chi connectivity index (χ2v) is 5.95. The topological polar surface area (TPSA) is 93.1 Å². The molecule has 0 fully saturated rings. The first-order chi connectivity index (χ1) is 13.0. The Labute approximate surface area is 155 Å². The maximum absolute atomic E-state index is 12.3. The molecule has 0 bridgehead atoms. The summed E-state index contributed by atoms with van der Waals surface area (Å²) in [4.78, 5) is 36.5. The second kappa shape index (κ2) is 8.09. The van der Waals surface area contributed by atoms with Crippen LogP contribution in [0.4, 0.5) is 11.4 Å². The van der Waals surface area contributed by atoms with E-state index in [9.17, 15) is 14.4 Å². The first kappa shape index (κ1) is 18.1. The molecule has 27 heavy (non-hydrogen) atoms. The van der Waals surface area contributed by atoms with Crippen molar-refractivity contribution in [3.05, 3.63) is 88.3 Å². The molecule has 1 heterocycles. The van der Waals surface area contributed by atoms with Crippen molar-refractivity contribution < 1.29 is 9.59 Å². The maximum Gasteiger partial charge on any atom is 0.276 e. The Morgan fingerprint density at radius 2 is 1.67 bits per heavy atom. The third kappa shape index (κ3) is 4.88. The molecule has 1 aromatic heterocycles. The minimum atomic E-state index is -0.467. The van der Waals surface area contributed by atoms with Gasteiger partial charge in [-0.1, -0.05) is 30.3 Å². The summed E-state index contributed by atoms with van der Waals surface area (Å²) in [6.07, 6.45) is 0. The van der Waals surface area contributed by atoms with Crippen molar-refractivity contribution in [2.24, 2.45) is 0 Å². The molecule has 0 radical (unpaired) electrons. The summed E-state index contributed by atoms with van der Waals surface area (Å²) >= 11 is 0. The minimum Gasteiger partial charge on any atom is -0.324 e. The molecule has 0 unspecified atom stereocenters. The van der Waals surface area contributed by atoms with Gasteiger partial charge >= 0.3 is 0 Å². The predicted molar refractivity (Wildman–Crippen MR) is 103 cm³/mol. The molecule has 0 saturated heterocycles. The van der Waals surface area contributed by atoms with E-state index in [1.165, 1.54) is 12.1 Å². The van der Waals surface area contributed by atoms with Crippen molar-refractivity contribution in [3.63, 3.8) is 0 Å². The highest BCUT2D eigenvalue weighted by Crippen LogP contribution is 2.09. The summed E-state index contributed by atoms with van der Waals surface area (Å²) < 4.78 is 0.963. The van der Waals surface area contributed by atoms with Crippen LogP contribution < -0.4 is 16.2 Å². The Morgan fingerprint density at radius 1 is 0.926 bits per heavy atom. The van der Waals surface area contributed by atoms with Crippen molar-refractivity contribution in [2.75, 3.05) is 10.6 Å². The number of carbonyl (C=O) groups excluding carboxylic acids is 2. The van der Waals surface area contributed by atoms with Crippen LogP contribution in [0.1, 0.15) is 16.1 Å². The van der Waals surface area contributed by atoms with Gasteiger partial charge in [-0.05, 0) is 42.8 Å². The molecule has 0 saturated carbocycles. The number of anilines is 2. The van der Waals surface area contributed by atoms with Gasteiger partial charge in [0, 0.05) is 17.4 Å². The van der Waals surface area contributed by atoms with Gasteiger partial charge in [0.2, 0.25) is 5.91 Å². The lowest BCUT2D eigenvalue weighted by Crippen LogP contribution is -2.31. The highest BCUT2D eigenvalue weighted by atomic mass is 16.2. The number of para-hydroxylation sites is 1. The van der Waals surface area contributed by atoms with Crippen molar-refractivity contribution in [3.8, 4) is 0 Å². The first-order valence-corrected chi connectivity index (χ1v) is 8.32. The van der Waals surface area contributed by atoms with Crippen LogP contribution in [-0.4, -0.2) is 21.6 Å². The quantitative estimate of drug-likeness (QED) is 0.729. The fraction of sp³-hybridized carbons (Fsp3) is 0.100. The van der Waals surface area contributed by atoms with E-state index in [-0.39, 0.29) is 12.2 Å². The van der Waals surface area contributed by atoms with Gasteiger partial charge in [0.1, 0.15) is 12.2 Å². The normalized spacial score (nSPS) is 10.3. The molecule has 0 aliphatic carbocycles. The van der Waals surface area contributed by atoms with E-state index in [1.54, 1.807) is 30.3 Å². The molecule has 3 aromatic rings. The third-order valence-electron chi connectivity index (χ3n) is 3.73. The summed E-state index contributed by atoms with van der Waals surface area (Å²) in [5.74, 6) is -0.871. The van der Waals surface area contributed by atoms with E-state index < -0.39 is 17.4 Å². The maximum atomic E-state index is 12.3. The molecular formula is C20H18N4O3. The van der Waals surface area contributed by atoms with E-state index in [0.29, 0.717) is 11.4 Å². The Kier molecular flexibility index (Phi) is 5.41. The number of aryl methyl sites for hydroxylation is 1. The largest absolute Gasteiger partial charge is 0.324 e. The second-order valence-electron chi connectivity index (χ2n) is 5.95. The van der Waals surface area contributed by atoms with Crippen molar-refractivity contribution in [2.45, 2.75) is 13.5 Å². The van der Waals surface area contributed by atoms with Crippen LogP contribution in [0.15, 0.2) is 71.5 Å². The molecule has 136 valence electrons. The van der Waals surface area contributed by atoms with Gasteiger partial charge in [-0.2, -0.15) is 5.10 Å². The number of amides is 2. The number of hydrogen-bond acceptors (Lipinski definition) is 4. The third-order valence-corrected chi connectivity index (χ3v) is 3.73. The molecule has 0 spiro atoms. The number of nitrogens with zero attached hydrogens (tertiary/aromatic N) is 2. The fourth-order valence-corrected chi connectivity index (χ4v) is 2.46. The molecule has 0 aliphatic rings. The van der Waals surface area contributed by atoms with E-state index in [4.69, 9.17) is 0 Å². The van der Waals surface area contributed by atoms with Crippen LogP contribution >= 0.6 is 0 Å². The summed E-state index contributed by atoms with van der Waals surface area (Å²) in [6.45, 7) is 1.62. The summed E-state index contributed by atoms with van der Waals surface area (Å²) in [7, 11) is 0. The lowest BCUT2D eigenvalue weighted by molar-refractivity contribution is -0.117. The highest BCUT2D eigenvalue weighted by molar-refractivity contribution is 6.02. The average molecular weight is 362 g/mol. The van der Waals surface area contributed by atoms with Crippen molar-refractivity contribution in [1.29, 1.82) is 0 Å². The molecule has 2 N–H and O–H groups in total. The Balaban J connectivity index is 1.72. The van der Waals surface area contributed by atoms with Crippen LogP contribution in [0.2, 0.25) is 0 Å². The average Bonchev–Trinajstić information content (AvgIpc) is 2.64. The van der Waals surface area contributed by atoms with Gasteiger partial charge in [0.25, 0.3) is 11.5 Å². The van der Waals surface area contributed by atoms with Crippen LogP contribution in [0.3, 0.4) is 0 Å². The molecule has 7 nitrogen and oxygen atoms in total. The number of aromatic nitrogens is 2. The van der Waals surface area contributed by atoms with Crippen LogP contribution in [-0.2, 0) is 11.3 Å². The molecule has 0 atom stereocenters. The molecule has 3 rings (SSSR count). The minimum absolute atomic E-state index is 0.0433. The zero-order valence-corrected chi connectivity index (χ0v) is 14.7. The Morgan fingerprint density at radius 3 is 2.41 bits per heavy atom. The van der Waals surface area contributed by atoms with Crippen LogP contribution in [0, 0.1) is 6.92 Å². The molecule has 7 heteroatoms. The van der Waals surface area contributed by atoms with E-state index in [0.717, 1.165) is 10.2 Å². The molecular weight excluding hydrogens is 344 g/mol. The van der Waals surface area contributed by atoms with Gasteiger partial charge in [0.05, 0.1) is 0 Å². The summed E-state index contributed by atoms with van der Waals surface area (Å²) in [6, 6.07) is 18.7. The zero-order valence-electron chi connectivity index (χ0n) is 14.7. The van der Waals surface area contributed by atoms with Gasteiger partial charge in [-0.15, -0.1) is 0 Å². The van der Waals surface area contributed by atoms with Crippen LogP contribution in [0.5, 0.6) is 0 Å². The van der Waals surface area contributed by atoms with Gasteiger partial charge in [0.15, 0.2) is 0 Å². The number of hydrogen-bond donors (Lipinski definition) is 2. The Bertz CT molecular complexity index is 1030. The van der Waals surface area contributed by atoms with Gasteiger partial charge in [-0.3, -0.25) is 14.4 Å². The summed E-state index contributed by atoms with van der Waals surface area (Å²) in [5, 5.41) is 9.39. The molecule has 0 aliphatic heterocycles. The lowest BCUT2D eigenvalue weighted by atomic mass is 10.2. The molecule has 2 aromatic carbocycles. The van der Waals surface area contributed by atoms with E-state index in [2.05, 4.69) is 15.7 Å². The number of carbonyl (C=O) groups is 2. The zero-order chi connectivity index (χ0) is 19.2.